The van der Waals surface area contributed by atoms with Crippen LogP contribution in [-0.4, -0.2) is 0 Å². The molecule has 0 amide bonds. The van der Waals surface area contributed by atoms with E-state index in [0.29, 0.717) is 44.1 Å². The average molecular weight is 503 g/mol. The summed E-state index contributed by atoms with van der Waals surface area (Å²) >= 11 is 0. The third-order valence-electron chi connectivity index (χ3n) is 7.21. The lowest BCUT2D eigenvalue weighted by Crippen LogP contribution is -2.15. The van der Waals surface area contributed by atoms with Gasteiger partial charge in [-0.2, -0.15) is 0 Å². The fourth-order valence-electron chi connectivity index (χ4n) is 5.09. The van der Waals surface area contributed by atoms with Crippen molar-refractivity contribution in [2.45, 2.75) is 64.2 Å². The Kier molecular flexibility index (Phi) is 7.91. The van der Waals surface area contributed by atoms with Crippen LogP contribution in [0.4, 0.5) is 26.3 Å². The van der Waals surface area contributed by atoms with Crippen LogP contribution in [0.15, 0.2) is 36.4 Å². The van der Waals surface area contributed by atoms with Crippen molar-refractivity contribution in [3.8, 4) is 0 Å². The topological polar surface area (TPSA) is 0 Å². The maximum absolute atomic E-state index is 15.0. The van der Waals surface area contributed by atoms with Crippen LogP contribution in [0.5, 0.6) is 0 Å². The monoisotopic (exact) mass is 502 g/mol. The van der Waals surface area contributed by atoms with Gasteiger partial charge in [0.1, 0.15) is 0 Å². The van der Waals surface area contributed by atoms with Gasteiger partial charge in [-0.25, -0.2) is 26.3 Å². The molecule has 1 aliphatic carbocycles. The minimum Gasteiger partial charge on any atom is -0.203 e. The molecule has 190 valence electrons. The first-order valence-corrected chi connectivity index (χ1v) is 12.3. The average Bonchev–Trinajstić information content (AvgIpc) is 2.88. The number of benzene rings is 3. The van der Waals surface area contributed by atoms with Gasteiger partial charge in [0.05, 0.1) is 0 Å². The van der Waals surface area contributed by atoms with E-state index in [2.05, 4.69) is 0 Å². The van der Waals surface area contributed by atoms with Crippen LogP contribution in [0, 0.1) is 41.8 Å². The summed E-state index contributed by atoms with van der Waals surface area (Å²) in [4.78, 5) is 0. The minimum absolute atomic E-state index is 0.0469. The van der Waals surface area contributed by atoms with Crippen molar-refractivity contribution < 1.29 is 26.3 Å². The summed E-state index contributed by atoms with van der Waals surface area (Å²) in [6, 6.07) is 9.01. The number of hydrogen-bond donors (Lipinski definition) is 0. The molecule has 0 spiro atoms. The summed E-state index contributed by atoms with van der Waals surface area (Å²) < 4.78 is 86.7. The van der Waals surface area contributed by atoms with Gasteiger partial charge >= 0.3 is 0 Å². The molecule has 0 atom stereocenters. The second kappa shape index (κ2) is 10.9. The van der Waals surface area contributed by atoms with Crippen molar-refractivity contribution in [1.29, 1.82) is 0 Å². The van der Waals surface area contributed by atoms with E-state index in [1.807, 2.05) is 6.92 Å². The summed E-state index contributed by atoms with van der Waals surface area (Å²) in [6.45, 7) is 3.37. The van der Waals surface area contributed by atoms with Crippen LogP contribution >= 0.6 is 0 Å². The highest BCUT2D eigenvalue weighted by atomic mass is 19.2. The molecule has 1 saturated carbocycles. The van der Waals surface area contributed by atoms with Gasteiger partial charge in [0.25, 0.3) is 0 Å². The third-order valence-corrected chi connectivity index (χ3v) is 7.21. The second-order valence-electron chi connectivity index (χ2n) is 9.55. The highest BCUT2D eigenvalue weighted by Gasteiger charge is 2.29. The molecule has 0 saturated heterocycles. The molecule has 0 aliphatic heterocycles. The Hall–Kier alpha value is -3.02. The lowest BCUT2D eigenvalue weighted by molar-refractivity contribution is 0.369. The molecule has 3 aromatic carbocycles. The maximum atomic E-state index is 15.0. The Labute approximate surface area is 207 Å². The van der Waals surface area contributed by atoms with E-state index in [9.17, 15) is 26.3 Å². The summed E-state index contributed by atoms with van der Waals surface area (Å²) in [7, 11) is 0. The molecule has 0 N–H and O–H groups in total. The molecular weight excluding hydrogens is 474 g/mol. The zero-order chi connectivity index (χ0) is 26.0. The third kappa shape index (κ3) is 5.09. The van der Waals surface area contributed by atoms with Gasteiger partial charge in [-0.05, 0) is 73.1 Å². The molecule has 0 aromatic heterocycles. The number of halogens is 6. The van der Waals surface area contributed by atoms with Gasteiger partial charge in [0.15, 0.2) is 34.9 Å². The molecule has 0 bridgehead atoms. The smallest absolute Gasteiger partial charge is 0.166 e. The molecule has 0 radical (unpaired) electrons. The summed E-state index contributed by atoms with van der Waals surface area (Å²) in [5, 5.41) is 0. The quantitative estimate of drug-likeness (QED) is 0.233. The van der Waals surface area contributed by atoms with E-state index in [4.69, 9.17) is 0 Å². The van der Waals surface area contributed by atoms with Gasteiger partial charge in [-0.15, -0.1) is 0 Å². The number of hydrogen-bond acceptors (Lipinski definition) is 0. The Morgan fingerprint density at radius 1 is 0.611 bits per heavy atom. The highest BCUT2D eigenvalue weighted by molar-refractivity contribution is 5.70. The van der Waals surface area contributed by atoms with Gasteiger partial charge in [0.2, 0.25) is 0 Å². The second-order valence-corrected chi connectivity index (χ2v) is 9.55. The molecule has 6 heteroatoms. The minimum atomic E-state index is -1.05. The lowest BCUT2D eigenvalue weighted by Gasteiger charge is -2.29. The van der Waals surface area contributed by atoms with Gasteiger partial charge in [0, 0.05) is 11.1 Å². The van der Waals surface area contributed by atoms with E-state index >= 15 is 0 Å². The molecule has 1 fully saturated rings. The summed E-state index contributed by atoms with van der Waals surface area (Å²) in [6.07, 6.45) is 5.63. The summed E-state index contributed by atoms with van der Waals surface area (Å²) in [5.74, 6) is -6.07. The van der Waals surface area contributed by atoms with Crippen LogP contribution in [0.2, 0.25) is 0 Å². The normalized spacial score (nSPS) is 18.2. The van der Waals surface area contributed by atoms with Crippen molar-refractivity contribution in [3.63, 3.8) is 0 Å². The predicted molar refractivity (Wildman–Crippen MR) is 131 cm³/mol. The van der Waals surface area contributed by atoms with Crippen molar-refractivity contribution in [2.24, 2.45) is 0 Å². The Morgan fingerprint density at radius 2 is 1.08 bits per heavy atom. The van der Waals surface area contributed by atoms with Gasteiger partial charge in [-0.1, -0.05) is 61.9 Å². The number of rotatable bonds is 6. The van der Waals surface area contributed by atoms with E-state index in [1.54, 1.807) is 12.1 Å². The zero-order valence-electron chi connectivity index (χ0n) is 20.3. The first-order chi connectivity index (χ1) is 17.2. The van der Waals surface area contributed by atoms with Crippen molar-refractivity contribution in [2.75, 3.05) is 0 Å². The van der Waals surface area contributed by atoms with E-state index < -0.39 is 34.9 Å². The Balaban J connectivity index is 1.49. The van der Waals surface area contributed by atoms with Crippen LogP contribution < -0.4 is 0 Å². The SMILES string of the molecule is CCCc1ccc(/C=C/c2ccc(C3CCC(c4ccc(C)c(F)c4F)CC3)c(F)c2F)c(F)c1F. The fourth-order valence-corrected chi connectivity index (χ4v) is 5.09. The van der Waals surface area contributed by atoms with Crippen LogP contribution in [0.25, 0.3) is 12.2 Å². The van der Waals surface area contributed by atoms with E-state index in [0.717, 1.165) is 0 Å². The van der Waals surface area contributed by atoms with Gasteiger partial charge < -0.3 is 0 Å². The molecule has 0 unspecified atom stereocenters. The first-order valence-electron chi connectivity index (χ1n) is 12.3. The maximum Gasteiger partial charge on any atom is 0.166 e. The lowest BCUT2D eigenvalue weighted by atomic mass is 9.75. The van der Waals surface area contributed by atoms with Crippen molar-refractivity contribution in [1.82, 2.24) is 0 Å². The standard InChI is InChI=1S/C30H28F6/c1-3-4-20-10-11-21(27(33)26(20)32)12-13-22-14-16-24(30(36)28(22)34)19-8-6-18(7-9-19)23-15-5-17(2)25(31)29(23)35/h5,10-16,18-19H,3-4,6-9H2,1-2H3/b13-12+. The summed E-state index contributed by atoms with van der Waals surface area (Å²) in [5.41, 5.74) is 0.973. The molecule has 1 aliphatic rings. The van der Waals surface area contributed by atoms with Crippen molar-refractivity contribution in [3.05, 3.63) is 105 Å². The van der Waals surface area contributed by atoms with Crippen LogP contribution in [0.3, 0.4) is 0 Å². The zero-order valence-corrected chi connectivity index (χ0v) is 20.3. The first kappa shape index (κ1) is 26.1. The van der Waals surface area contributed by atoms with E-state index in [1.165, 1.54) is 43.3 Å². The molecule has 0 heterocycles. The molecular formula is C30H28F6. The van der Waals surface area contributed by atoms with Crippen LogP contribution in [0.1, 0.15) is 84.2 Å². The Morgan fingerprint density at radius 3 is 1.64 bits per heavy atom. The molecule has 0 nitrogen and oxygen atoms in total. The highest BCUT2D eigenvalue weighted by Crippen LogP contribution is 2.42. The molecule has 3 aromatic rings. The van der Waals surface area contributed by atoms with E-state index in [-0.39, 0.29) is 39.7 Å². The van der Waals surface area contributed by atoms with Crippen LogP contribution in [-0.2, 0) is 6.42 Å². The fraction of sp³-hybridized carbons (Fsp3) is 0.333. The molecule has 4 rings (SSSR count). The van der Waals surface area contributed by atoms with Gasteiger partial charge in [-0.3, -0.25) is 0 Å². The molecule has 36 heavy (non-hydrogen) atoms. The van der Waals surface area contributed by atoms with Crippen molar-refractivity contribution >= 4 is 12.2 Å². The Bertz CT molecular complexity index is 1290. The number of aryl methyl sites for hydroxylation is 2. The predicted octanol–water partition coefficient (Wildman–Crippen LogP) is 9.39. The largest absolute Gasteiger partial charge is 0.203 e.